The van der Waals surface area contributed by atoms with E-state index < -0.39 is 0 Å². The molecule has 0 spiro atoms. The molecule has 0 atom stereocenters. The molecule has 0 unspecified atom stereocenters. The average molecular weight is 349 g/mol. The van der Waals surface area contributed by atoms with Gasteiger partial charge in [-0.05, 0) is 54.5 Å². The molecule has 1 heterocycles. The fourth-order valence-corrected chi connectivity index (χ4v) is 3.56. The summed E-state index contributed by atoms with van der Waals surface area (Å²) < 4.78 is 20.4. The maximum atomic E-state index is 13.3. The van der Waals surface area contributed by atoms with Gasteiger partial charge in [0.2, 0.25) is 0 Å². The summed E-state index contributed by atoms with van der Waals surface area (Å²) in [5.74, 6) is -0.260. The van der Waals surface area contributed by atoms with Crippen LogP contribution < -0.4 is 0 Å². The first-order chi connectivity index (χ1) is 12.7. The van der Waals surface area contributed by atoms with E-state index in [4.69, 9.17) is 4.74 Å². The molecule has 0 saturated heterocycles. The summed E-state index contributed by atoms with van der Waals surface area (Å²) in [6, 6.07) is 16.1. The summed E-state index contributed by atoms with van der Waals surface area (Å²) in [6.45, 7) is 0.249. The molecule has 0 radical (unpaired) electrons. The molecular formula is C22H20FNO2. The summed E-state index contributed by atoms with van der Waals surface area (Å²) in [5, 5.41) is 0. The number of carbonyl (C=O) groups excluding carboxylic acids is 1. The Balaban J connectivity index is 1.63. The number of aromatic nitrogens is 1. The molecule has 26 heavy (non-hydrogen) atoms. The molecule has 4 rings (SSSR count). The molecule has 4 heteroatoms. The Morgan fingerprint density at radius 1 is 1.00 bits per heavy atom. The van der Waals surface area contributed by atoms with E-state index in [1.165, 1.54) is 17.7 Å². The minimum atomic E-state index is -0.361. The predicted molar refractivity (Wildman–Crippen MR) is 98.5 cm³/mol. The van der Waals surface area contributed by atoms with Crippen LogP contribution in [0.3, 0.4) is 0 Å². The van der Waals surface area contributed by atoms with Gasteiger partial charge < -0.3 is 4.74 Å². The van der Waals surface area contributed by atoms with E-state index in [2.05, 4.69) is 0 Å². The lowest BCUT2D eigenvalue weighted by Crippen LogP contribution is -2.17. The first kappa shape index (κ1) is 16.6. The minimum absolute atomic E-state index is 0.249. The van der Waals surface area contributed by atoms with Crippen LogP contribution in [0.15, 0.2) is 60.8 Å². The third-order valence-corrected chi connectivity index (χ3v) is 4.87. The van der Waals surface area contributed by atoms with E-state index in [1.807, 2.05) is 36.5 Å². The maximum Gasteiger partial charge on any atom is 0.418 e. The highest BCUT2D eigenvalue weighted by Gasteiger charge is 2.23. The van der Waals surface area contributed by atoms with Gasteiger partial charge >= 0.3 is 6.09 Å². The summed E-state index contributed by atoms with van der Waals surface area (Å²) in [7, 11) is 0. The van der Waals surface area contributed by atoms with Gasteiger partial charge in [0.25, 0.3) is 0 Å². The molecule has 1 aromatic heterocycles. The van der Waals surface area contributed by atoms with Gasteiger partial charge in [-0.1, -0.05) is 42.5 Å². The number of rotatable bonds is 3. The smallest absolute Gasteiger partial charge is 0.418 e. The van der Waals surface area contributed by atoms with Crippen LogP contribution in [0.1, 0.15) is 29.7 Å². The van der Waals surface area contributed by atoms with Crippen LogP contribution in [0.25, 0.3) is 11.1 Å². The quantitative estimate of drug-likeness (QED) is 0.637. The highest BCUT2D eigenvalue weighted by atomic mass is 19.1. The van der Waals surface area contributed by atoms with Crippen molar-refractivity contribution < 1.29 is 13.9 Å². The number of fused-ring (bicyclic) bond motifs is 1. The van der Waals surface area contributed by atoms with E-state index in [9.17, 15) is 9.18 Å². The lowest BCUT2D eigenvalue weighted by Gasteiger charge is -2.15. The summed E-state index contributed by atoms with van der Waals surface area (Å²) >= 11 is 0. The number of nitrogens with zero attached hydrogens (tertiary/aromatic N) is 1. The molecule has 1 aliphatic rings. The van der Waals surface area contributed by atoms with E-state index in [-0.39, 0.29) is 18.5 Å². The highest BCUT2D eigenvalue weighted by molar-refractivity contribution is 5.78. The number of benzene rings is 2. The van der Waals surface area contributed by atoms with Gasteiger partial charge in [-0.2, -0.15) is 0 Å². The molecule has 3 nitrogen and oxygen atoms in total. The van der Waals surface area contributed by atoms with Crippen LogP contribution in [0.4, 0.5) is 9.18 Å². The Labute approximate surface area is 152 Å². The standard InChI is InChI=1S/C22H20FNO2/c23-18-12-10-17(11-13-18)20-14-24(21-9-5-4-8-19(20)21)22(25)26-15-16-6-2-1-3-7-16/h1-3,6-7,10-14H,4-5,8-9,15H2. The lowest BCUT2D eigenvalue weighted by molar-refractivity contribution is 0.140. The van der Waals surface area contributed by atoms with Crippen molar-refractivity contribution in [2.24, 2.45) is 0 Å². The van der Waals surface area contributed by atoms with Crippen molar-refractivity contribution in [2.75, 3.05) is 0 Å². The van der Waals surface area contributed by atoms with Gasteiger partial charge in [0.05, 0.1) is 0 Å². The maximum absolute atomic E-state index is 13.3. The van der Waals surface area contributed by atoms with Gasteiger partial charge in [-0.3, -0.25) is 4.57 Å². The monoisotopic (exact) mass is 349 g/mol. The predicted octanol–water partition coefficient (Wildman–Crippen LogP) is 5.36. The zero-order chi connectivity index (χ0) is 17.9. The molecule has 0 saturated carbocycles. The Hall–Kier alpha value is -2.88. The number of hydrogen-bond acceptors (Lipinski definition) is 2. The number of halogens is 1. The number of carbonyl (C=O) groups is 1. The molecule has 3 aromatic rings. The van der Waals surface area contributed by atoms with E-state index >= 15 is 0 Å². The molecule has 0 amide bonds. The van der Waals surface area contributed by atoms with Crippen LogP contribution in [0.5, 0.6) is 0 Å². The molecule has 1 aliphatic carbocycles. The third-order valence-electron chi connectivity index (χ3n) is 4.87. The van der Waals surface area contributed by atoms with Crippen LogP contribution >= 0.6 is 0 Å². The van der Waals surface area contributed by atoms with Crippen molar-refractivity contribution in [1.82, 2.24) is 4.57 Å². The summed E-state index contributed by atoms with van der Waals surface area (Å²) in [5.41, 5.74) is 5.09. The molecule has 2 aromatic carbocycles. The van der Waals surface area contributed by atoms with Crippen LogP contribution in [0.2, 0.25) is 0 Å². The second-order valence-corrected chi connectivity index (χ2v) is 6.59. The van der Waals surface area contributed by atoms with Crippen molar-refractivity contribution in [3.05, 3.63) is 83.4 Å². The van der Waals surface area contributed by atoms with Gasteiger partial charge in [-0.25, -0.2) is 9.18 Å². The van der Waals surface area contributed by atoms with Crippen molar-refractivity contribution in [3.63, 3.8) is 0 Å². The van der Waals surface area contributed by atoms with Crippen molar-refractivity contribution >= 4 is 6.09 Å². The van der Waals surface area contributed by atoms with Gasteiger partial charge in [0, 0.05) is 17.5 Å². The van der Waals surface area contributed by atoms with E-state index in [0.29, 0.717) is 0 Å². The SMILES string of the molecule is O=C(OCc1ccccc1)n1cc(-c2ccc(F)cc2)c2c1CCCC2. The molecule has 0 fully saturated rings. The number of hydrogen-bond donors (Lipinski definition) is 0. The van der Waals surface area contributed by atoms with Crippen LogP contribution in [-0.4, -0.2) is 10.7 Å². The zero-order valence-corrected chi connectivity index (χ0v) is 14.5. The molecule has 0 aliphatic heterocycles. The summed E-state index contributed by atoms with van der Waals surface area (Å²) in [4.78, 5) is 12.7. The molecule has 0 bridgehead atoms. The zero-order valence-electron chi connectivity index (χ0n) is 14.5. The van der Waals surface area contributed by atoms with Gasteiger partial charge in [0.1, 0.15) is 12.4 Å². The van der Waals surface area contributed by atoms with Gasteiger partial charge in [0.15, 0.2) is 0 Å². The fourth-order valence-electron chi connectivity index (χ4n) is 3.56. The Morgan fingerprint density at radius 2 is 1.73 bits per heavy atom. The Bertz CT molecular complexity index is 913. The lowest BCUT2D eigenvalue weighted by atomic mass is 9.92. The van der Waals surface area contributed by atoms with E-state index in [0.717, 1.165) is 48.1 Å². The Kier molecular flexibility index (Phi) is 4.57. The minimum Gasteiger partial charge on any atom is -0.444 e. The molecule has 132 valence electrons. The first-order valence-electron chi connectivity index (χ1n) is 8.92. The topological polar surface area (TPSA) is 31.2 Å². The van der Waals surface area contributed by atoms with Crippen molar-refractivity contribution in [3.8, 4) is 11.1 Å². The fraction of sp³-hybridized carbons (Fsp3) is 0.227. The second-order valence-electron chi connectivity index (χ2n) is 6.59. The third kappa shape index (κ3) is 3.27. The van der Waals surface area contributed by atoms with Crippen molar-refractivity contribution in [1.29, 1.82) is 0 Å². The largest absolute Gasteiger partial charge is 0.444 e. The first-order valence-corrected chi connectivity index (χ1v) is 8.92. The summed E-state index contributed by atoms with van der Waals surface area (Å²) in [6.07, 6.45) is 5.44. The van der Waals surface area contributed by atoms with Crippen LogP contribution in [0, 0.1) is 5.82 Å². The second kappa shape index (κ2) is 7.16. The Morgan fingerprint density at radius 3 is 2.50 bits per heavy atom. The number of ether oxygens (including phenoxy) is 1. The van der Waals surface area contributed by atoms with Gasteiger partial charge in [-0.15, -0.1) is 0 Å². The van der Waals surface area contributed by atoms with E-state index in [1.54, 1.807) is 16.7 Å². The average Bonchev–Trinajstić information content (AvgIpc) is 3.07. The van der Waals surface area contributed by atoms with Crippen molar-refractivity contribution in [2.45, 2.75) is 32.3 Å². The van der Waals surface area contributed by atoms with Crippen LogP contribution in [-0.2, 0) is 24.2 Å². The normalized spacial score (nSPS) is 13.3. The highest BCUT2D eigenvalue weighted by Crippen LogP contribution is 2.33. The molecule has 0 N–H and O–H groups in total. The molecular weight excluding hydrogens is 329 g/mol.